The highest BCUT2D eigenvalue weighted by Crippen LogP contribution is 2.37. The summed E-state index contributed by atoms with van der Waals surface area (Å²) in [7, 11) is 3.68. The number of benzene rings is 2. The maximum Gasteiger partial charge on any atom is 0.416 e. The van der Waals surface area contributed by atoms with Gasteiger partial charge in [-0.15, -0.1) is 0 Å². The first-order valence-corrected chi connectivity index (χ1v) is 11.6. The fourth-order valence-electron chi connectivity index (χ4n) is 4.78. The number of aliphatic hydroxyl groups is 1. The minimum atomic E-state index is -4.41. The number of hydrogen-bond donors (Lipinski definition) is 2. The Hall–Kier alpha value is -2.38. The molecule has 3 rings (SSSR count). The van der Waals surface area contributed by atoms with Gasteiger partial charge in [-0.1, -0.05) is 18.2 Å². The predicted octanol–water partition coefficient (Wildman–Crippen LogP) is 5.15. The topological polar surface area (TPSA) is 52.6 Å². The molecule has 2 aromatic carbocycles. The molecule has 0 heterocycles. The molecule has 1 fully saturated rings. The molecule has 1 amide bonds. The van der Waals surface area contributed by atoms with E-state index in [1.807, 2.05) is 7.05 Å². The normalized spacial score (nSPS) is 18.8. The molecule has 0 unspecified atom stereocenters. The van der Waals surface area contributed by atoms with E-state index in [0.717, 1.165) is 57.2 Å². The molecular formula is C26H33F3N2O2. The lowest BCUT2D eigenvalue weighted by molar-refractivity contribution is -0.137. The number of aryl methyl sites for hydroxylation is 1. The van der Waals surface area contributed by atoms with Crippen LogP contribution in [0.3, 0.4) is 0 Å². The van der Waals surface area contributed by atoms with Crippen molar-refractivity contribution in [1.82, 2.24) is 10.2 Å². The van der Waals surface area contributed by atoms with Crippen LogP contribution in [0.4, 0.5) is 13.2 Å². The number of carbonyl (C=O) groups is 1. The van der Waals surface area contributed by atoms with Gasteiger partial charge in [-0.2, -0.15) is 13.2 Å². The van der Waals surface area contributed by atoms with Crippen LogP contribution >= 0.6 is 0 Å². The number of nitrogens with one attached hydrogen (secondary N) is 1. The van der Waals surface area contributed by atoms with Gasteiger partial charge in [0, 0.05) is 31.8 Å². The van der Waals surface area contributed by atoms with Crippen LogP contribution in [-0.2, 0) is 19.1 Å². The Morgan fingerprint density at radius 1 is 1.09 bits per heavy atom. The highest BCUT2D eigenvalue weighted by atomic mass is 19.4. The average Bonchev–Trinajstić information content (AvgIpc) is 2.82. The van der Waals surface area contributed by atoms with Crippen LogP contribution in [0.5, 0.6) is 0 Å². The fourth-order valence-corrected chi connectivity index (χ4v) is 4.78. The van der Waals surface area contributed by atoms with Crippen molar-refractivity contribution in [1.29, 1.82) is 0 Å². The van der Waals surface area contributed by atoms with Gasteiger partial charge in [0.05, 0.1) is 5.56 Å². The monoisotopic (exact) mass is 462 g/mol. The average molecular weight is 463 g/mol. The maximum absolute atomic E-state index is 12.8. The summed E-state index contributed by atoms with van der Waals surface area (Å²) in [6.07, 6.45) is 0.844. The molecule has 0 saturated heterocycles. The number of hydrogen-bond acceptors (Lipinski definition) is 3. The number of nitrogens with zero attached hydrogens (tertiary/aromatic N) is 1. The van der Waals surface area contributed by atoms with Gasteiger partial charge in [-0.05, 0) is 92.4 Å². The van der Waals surface area contributed by atoms with Crippen LogP contribution in [0.15, 0.2) is 42.5 Å². The summed E-state index contributed by atoms with van der Waals surface area (Å²) in [6, 6.07) is 11.1. The van der Waals surface area contributed by atoms with E-state index in [4.69, 9.17) is 5.11 Å². The Morgan fingerprint density at radius 3 is 2.33 bits per heavy atom. The summed E-state index contributed by atoms with van der Waals surface area (Å²) in [6.45, 7) is 0.973. The molecule has 0 atom stereocenters. The second-order valence-electron chi connectivity index (χ2n) is 8.89. The van der Waals surface area contributed by atoms with Crippen LogP contribution in [0.2, 0.25) is 0 Å². The van der Waals surface area contributed by atoms with Gasteiger partial charge in [-0.25, -0.2) is 0 Å². The van der Waals surface area contributed by atoms with Gasteiger partial charge in [0.2, 0.25) is 0 Å². The molecule has 1 aliphatic rings. The van der Waals surface area contributed by atoms with E-state index in [9.17, 15) is 18.0 Å². The highest BCUT2D eigenvalue weighted by Gasteiger charge is 2.31. The second kappa shape index (κ2) is 11.2. The Kier molecular flexibility index (Phi) is 8.54. The third kappa shape index (κ3) is 6.36. The molecule has 180 valence electrons. The molecule has 0 spiro atoms. The van der Waals surface area contributed by atoms with E-state index in [2.05, 4.69) is 23.5 Å². The van der Waals surface area contributed by atoms with E-state index in [1.165, 1.54) is 28.8 Å². The smallest absolute Gasteiger partial charge is 0.396 e. The van der Waals surface area contributed by atoms with Crippen molar-refractivity contribution in [3.8, 4) is 0 Å². The van der Waals surface area contributed by atoms with E-state index in [-0.39, 0.29) is 24.1 Å². The summed E-state index contributed by atoms with van der Waals surface area (Å²) >= 11 is 0. The molecule has 4 nitrogen and oxygen atoms in total. The summed E-state index contributed by atoms with van der Waals surface area (Å²) in [5.41, 5.74) is 3.39. The second-order valence-corrected chi connectivity index (χ2v) is 8.89. The van der Waals surface area contributed by atoms with Gasteiger partial charge in [0.1, 0.15) is 0 Å². The highest BCUT2D eigenvalue weighted by molar-refractivity contribution is 5.94. The van der Waals surface area contributed by atoms with E-state index < -0.39 is 11.7 Å². The van der Waals surface area contributed by atoms with Crippen LogP contribution in [0.1, 0.15) is 70.6 Å². The van der Waals surface area contributed by atoms with Crippen molar-refractivity contribution in [3.05, 3.63) is 70.3 Å². The van der Waals surface area contributed by atoms with Crippen molar-refractivity contribution in [3.63, 3.8) is 0 Å². The van der Waals surface area contributed by atoms with E-state index in [1.54, 1.807) is 11.9 Å². The largest absolute Gasteiger partial charge is 0.416 e. The lowest BCUT2D eigenvalue weighted by Crippen LogP contribution is -2.39. The number of rotatable bonds is 8. The molecule has 0 aliphatic heterocycles. The Bertz CT molecular complexity index is 920. The van der Waals surface area contributed by atoms with Crippen LogP contribution in [-0.4, -0.2) is 42.7 Å². The molecule has 1 aliphatic carbocycles. The van der Waals surface area contributed by atoms with Crippen molar-refractivity contribution >= 4 is 5.91 Å². The van der Waals surface area contributed by atoms with Crippen LogP contribution in [0, 0.1) is 0 Å². The summed E-state index contributed by atoms with van der Waals surface area (Å²) in [5, 5.41) is 12.3. The summed E-state index contributed by atoms with van der Waals surface area (Å²) in [5.74, 6) is 0.183. The maximum atomic E-state index is 12.8. The Labute approximate surface area is 193 Å². The first-order chi connectivity index (χ1) is 15.7. The van der Waals surface area contributed by atoms with Crippen molar-refractivity contribution in [2.75, 3.05) is 20.7 Å². The van der Waals surface area contributed by atoms with Crippen molar-refractivity contribution in [2.24, 2.45) is 0 Å². The van der Waals surface area contributed by atoms with E-state index in [0.29, 0.717) is 5.92 Å². The quantitative estimate of drug-likeness (QED) is 0.571. The van der Waals surface area contributed by atoms with Gasteiger partial charge >= 0.3 is 6.18 Å². The summed E-state index contributed by atoms with van der Waals surface area (Å²) in [4.78, 5) is 14.5. The fraction of sp³-hybridized carbons (Fsp3) is 0.500. The van der Waals surface area contributed by atoms with E-state index >= 15 is 0 Å². The zero-order valence-electron chi connectivity index (χ0n) is 19.3. The lowest BCUT2D eigenvalue weighted by atomic mass is 9.79. The van der Waals surface area contributed by atoms with Gasteiger partial charge in [0.25, 0.3) is 5.91 Å². The molecule has 2 N–H and O–H groups in total. The van der Waals surface area contributed by atoms with Gasteiger partial charge in [0.15, 0.2) is 0 Å². The number of amides is 1. The first kappa shape index (κ1) is 25.2. The number of carbonyl (C=O) groups excluding carboxylic acids is 1. The molecule has 0 bridgehead atoms. The van der Waals surface area contributed by atoms with Gasteiger partial charge in [-0.3, -0.25) is 4.79 Å². The predicted molar refractivity (Wildman–Crippen MR) is 123 cm³/mol. The van der Waals surface area contributed by atoms with Crippen LogP contribution < -0.4 is 5.32 Å². The minimum absolute atomic E-state index is 0.0765. The van der Waals surface area contributed by atoms with Crippen LogP contribution in [0.25, 0.3) is 0 Å². The SMILES string of the molecule is CNCc1cc(CCCO)ccc1C1CCC(N(C)C(=O)c2ccc(C(F)(F)F)cc2)CC1. The zero-order chi connectivity index (χ0) is 24.0. The number of aliphatic hydroxyl groups excluding tert-OH is 1. The number of alkyl halides is 3. The first-order valence-electron chi connectivity index (χ1n) is 11.6. The molecule has 1 saturated carbocycles. The zero-order valence-corrected chi connectivity index (χ0v) is 19.3. The lowest BCUT2D eigenvalue weighted by Gasteiger charge is -2.35. The molecule has 33 heavy (non-hydrogen) atoms. The van der Waals surface area contributed by atoms with Crippen molar-refractivity contribution < 1.29 is 23.1 Å². The third-order valence-corrected chi connectivity index (χ3v) is 6.66. The molecule has 2 aromatic rings. The minimum Gasteiger partial charge on any atom is -0.396 e. The molecule has 0 aromatic heterocycles. The Balaban J connectivity index is 1.63. The Morgan fingerprint density at radius 2 is 1.76 bits per heavy atom. The summed E-state index contributed by atoms with van der Waals surface area (Å²) < 4.78 is 38.4. The van der Waals surface area contributed by atoms with Crippen molar-refractivity contribution in [2.45, 2.75) is 63.2 Å². The molecule has 7 heteroatoms. The number of halogens is 3. The standard InChI is InChI=1S/C26H33F3N2O2/c1-30-17-21-16-18(4-3-15-32)5-14-24(21)19-8-12-23(13-9-19)31(2)25(33)20-6-10-22(11-7-20)26(27,28)29/h5-7,10-11,14,16,19,23,30,32H,3-4,8-9,12-13,15,17H2,1-2H3. The van der Waals surface area contributed by atoms with Gasteiger partial charge < -0.3 is 15.3 Å². The third-order valence-electron chi connectivity index (χ3n) is 6.66. The molecular weight excluding hydrogens is 429 g/mol. The molecule has 0 radical (unpaired) electrons.